The summed E-state index contributed by atoms with van der Waals surface area (Å²) in [5.74, 6) is 0. The van der Waals surface area contributed by atoms with Crippen LogP contribution in [-0.2, 0) is 0 Å². The molecule has 0 spiro atoms. The van der Waals surface area contributed by atoms with E-state index in [4.69, 9.17) is 0 Å². The Bertz CT molecular complexity index is 67.5. The van der Waals surface area contributed by atoms with Crippen molar-refractivity contribution < 1.29 is 13.2 Å². The molecule has 0 N–H and O–H groups in total. The maximum atomic E-state index is 12.0. The van der Waals surface area contributed by atoms with Gasteiger partial charge in [-0.05, 0) is 38.8 Å². The van der Waals surface area contributed by atoms with Crippen molar-refractivity contribution in [3.05, 3.63) is 0 Å². The molecule has 0 rings (SSSR count). The second-order valence-electron chi connectivity index (χ2n) is 1.39. The molecule has 8 heavy (non-hydrogen) atoms. The first-order valence-electron chi connectivity index (χ1n) is 1.69. The van der Waals surface area contributed by atoms with E-state index in [2.05, 4.69) is 15.9 Å². The van der Waals surface area contributed by atoms with E-state index in [1.54, 1.807) is 0 Å². The normalized spacial score (nSPS) is 20.2. The summed E-state index contributed by atoms with van der Waals surface area (Å²) in [6, 6.07) is 0. The van der Waals surface area contributed by atoms with Gasteiger partial charge in [-0.1, -0.05) is 0 Å². The van der Waals surface area contributed by atoms with Crippen molar-refractivity contribution in [2.24, 2.45) is 0 Å². The molecule has 0 bridgehead atoms. The van der Waals surface area contributed by atoms with Gasteiger partial charge < -0.3 is 0 Å². The largest absolute Gasteiger partial charge is 0.344 e. The molecule has 0 nitrogen and oxygen atoms in total. The van der Waals surface area contributed by atoms with Gasteiger partial charge in [0, 0.05) is 0 Å². The van der Waals surface area contributed by atoms with Gasteiger partial charge in [-0.15, -0.1) is 0 Å². The predicted octanol–water partition coefficient (Wildman–Crippen LogP) is 3.05. The summed E-state index contributed by atoms with van der Waals surface area (Å²) < 4.78 is 32.8. The molecular weight excluding hydrogens is 253 g/mol. The van der Waals surface area contributed by atoms with Gasteiger partial charge in [0.1, 0.15) is 0 Å². The van der Waals surface area contributed by atoms with E-state index in [0.29, 0.717) is 0 Å². The smallest absolute Gasteiger partial charge is 0.224 e. The zero-order valence-electron chi connectivity index (χ0n) is 3.89. The minimum Gasteiger partial charge on any atom is -0.224 e. The number of rotatable bonds is 1. The summed E-state index contributed by atoms with van der Waals surface area (Å²) in [5, 5.41) is 0. The van der Waals surface area contributed by atoms with Crippen LogP contribution < -0.4 is 0 Å². The summed E-state index contributed by atoms with van der Waals surface area (Å²) in [6.07, 6.45) is 0. The molecule has 0 aliphatic carbocycles. The SMILES string of the molecule is CC(F)(Br)C(F)(F)Br. The van der Waals surface area contributed by atoms with Gasteiger partial charge in [0.05, 0.1) is 0 Å². The van der Waals surface area contributed by atoms with Crippen LogP contribution in [0.15, 0.2) is 0 Å². The highest BCUT2D eigenvalue weighted by Crippen LogP contribution is 2.41. The van der Waals surface area contributed by atoms with Gasteiger partial charge in [0.25, 0.3) is 0 Å². The van der Waals surface area contributed by atoms with Gasteiger partial charge in [-0.3, -0.25) is 0 Å². The number of alkyl halides is 5. The van der Waals surface area contributed by atoms with Crippen molar-refractivity contribution in [2.45, 2.75) is 16.3 Å². The van der Waals surface area contributed by atoms with Gasteiger partial charge in [0.2, 0.25) is 4.58 Å². The molecule has 1 atom stereocenters. The number of hydrogen-bond acceptors (Lipinski definition) is 0. The van der Waals surface area contributed by atoms with E-state index in [-0.39, 0.29) is 0 Å². The molecule has 0 aromatic heterocycles. The first-order chi connectivity index (χ1) is 3.25. The summed E-state index contributed by atoms with van der Waals surface area (Å²) in [7, 11) is 0. The average molecular weight is 256 g/mol. The lowest BCUT2D eigenvalue weighted by Gasteiger charge is -2.17. The summed E-state index contributed by atoms with van der Waals surface area (Å²) in [4.78, 5) is -3.50. The Balaban J connectivity index is 4.02. The highest BCUT2D eigenvalue weighted by molar-refractivity contribution is 9.12. The lowest BCUT2D eigenvalue weighted by Crippen LogP contribution is -2.28. The second kappa shape index (κ2) is 2.17. The summed E-state index contributed by atoms with van der Waals surface area (Å²) >= 11 is 3.98. The molecule has 0 amide bonds. The van der Waals surface area contributed by atoms with Gasteiger partial charge in [0.15, 0.2) is 0 Å². The molecule has 5 heteroatoms. The van der Waals surface area contributed by atoms with E-state index in [1.165, 1.54) is 0 Å². The lowest BCUT2D eigenvalue weighted by atomic mass is 10.5. The Kier molecular flexibility index (Phi) is 2.38. The van der Waals surface area contributed by atoms with Crippen LogP contribution in [0.1, 0.15) is 6.92 Å². The van der Waals surface area contributed by atoms with Crippen LogP contribution in [0.25, 0.3) is 0 Å². The highest BCUT2D eigenvalue weighted by atomic mass is 79.9. The minimum absolute atomic E-state index is 0.724. The zero-order chi connectivity index (χ0) is 7.00. The molecule has 50 valence electrons. The fraction of sp³-hybridized carbons (Fsp3) is 1.00. The topological polar surface area (TPSA) is 0 Å². The van der Waals surface area contributed by atoms with Crippen LogP contribution in [0.3, 0.4) is 0 Å². The van der Waals surface area contributed by atoms with Crippen molar-refractivity contribution >= 4 is 31.9 Å². The quantitative estimate of drug-likeness (QED) is 0.632. The van der Waals surface area contributed by atoms with Gasteiger partial charge in [-0.2, -0.15) is 8.78 Å². The maximum Gasteiger partial charge on any atom is 0.344 e. The molecule has 0 aliphatic rings. The monoisotopic (exact) mass is 254 g/mol. The van der Waals surface area contributed by atoms with Crippen LogP contribution >= 0.6 is 31.9 Å². The van der Waals surface area contributed by atoms with Crippen LogP contribution in [0.2, 0.25) is 0 Å². The Hall–Kier alpha value is 0.750. The molecule has 1 unspecified atom stereocenters. The fourth-order valence-corrected chi connectivity index (χ4v) is 0. The van der Waals surface area contributed by atoms with Gasteiger partial charge >= 0.3 is 4.83 Å². The Labute approximate surface area is 61.7 Å². The van der Waals surface area contributed by atoms with Crippen molar-refractivity contribution in [3.63, 3.8) is 0 Å². The van der Waals surface area contributed by atoms with Crippen LogP contribution in [-0.4, -0.2) is 9.41 Å². The van der Waals surface area contributed by atoms with Crippen LogP contribution in [0.5, 0.6) is 0 Å². The molecule has 0 radical (unpaired) electrons. The molecule has 0 heterocycles. The van der Waals surface area contributed by atoms with Crippen LogP contribution in [0, 0.1) is 0 Å². The lowest BCUT2D eigenvalue weighted by molar-refractivity contribution is 0.0151. The number of halogens is 5. The molecule has 0 saturated heterocycles. The van der Waals surface area contributed by atoms with E-state index >= 15 is 0 Å². The molecule has 0 aromatic rings. The molecule has 0 saturated carbocycles. The molecule has 0 aliphatic heterocycles. The molecule has 0 fully saturated rings. The van der Waals surface area contributed by atoms with Gasteiger partial charge in [-0.25, -0.2) is 4.39 Å². The molecular formula is C3H3Br2F3. The van der Waals surface area contributed by atoms with Crippen molar-refractivity contribution in [3.8, 4) is 0 Å². The summed E-state index contributed by atoms with van der Waals surface area (Å²) in [6.45, 7) is 0.724. The van der Waals surface area contributed by atoms with Crippen LogP contribution in [0.4, 0.5) is 13.2 Å². The zero-order valence-corrected chi connectivity index (χ0v) is 7.06. The van der Waals surface area contributed by atoms with Crippen molar-refractivity contribution in [2.75, 3.05) is 0 Å². The third-order valence-electron chi connectivity index (χ3n) is 0.498. The second-order valence-corrected chi connectivity index (χ2v) is 3.87. The Morgan fingerprint density at radius 3 is 1.25 bits per heavy atom. The Morgan fingerprint density at radius 1 is 1.12 bits per heavy atom. The molecule has 0 aromatic carbocycles. The highest BCUT2D eigenvalue weighted by Gasteiger charge is 2.46. The third kappa shape index (κ3) is 2.35. The van der Waals surface area contributed by atoms with E-state index in [1.807, 2.05) is 15.9 Å². The van der Waals surface area contributed by atoms with E-state index < -0.39 is 9.41 Å². The standard InChI is InChI=1S/C3H3Br2F3/c1-2(4,6)3(5,7)8/h1H3. The van der Waals surface area contributed by atoms with E-state index in [0.717, 1.165) is 6.92 Å². The summed E-state index contributed by atoms with van der Waals surface area (Å²) in [5.41, 5.74) is 0. The predicted molar refractivity (Wildman–Crippen MR) is 32.3 cm³/mol. The maximum absolute atomic E-state index is 12.0. The third-order valence-corrected chi connectivity index (χ3v) is 2.27. The first-order valence-corrected chi connectivity index (χ1v) is 3.28. The first kappa shape index (κ1) is 8.75. The van der Waals surface area contributed by atoms with Crippen molar-refractivity contribution in [1.29, 1.82) is 0 Å². The van der Waals surface area contributed by atoms with Crippen molar-refractivity contribution in [1.82, 2.24) is 0 Å². The van der Waals surface area contributed by atoms with E-state index in [9.17, 15) is 13.2 Å². The average Bonchev–Trinajstić information content (AvgIpc) is 1.25. The number of hydrogen-bond donors (Lipinski definition) is 0. The minimum atomic E-state index is -3.50. The fourth-order valence-electron chi connectivity index (χ4n) is 0. The Morgan fingerprint density at radius 2 is 1.25 bits per heavy atom.